The Morgan fingerprint density at radius 2 is 2.00 bits per heavy atom. The topological polar surface area (TPSA) is 78.9 Å². The molecule has 0 saturated carbocycles. The molecule has 0 amide bonds. The van der Waals surface area contributed by atoms with Crippen molar-refractivity contribution in [2.75, 3.05) is 0 Å². The lowest BCUT2D eigenvalue weighted by molar-refractivity contribution is 0.0697. The van der Waals surface area contributed by atoms with Gasteiger partial charge in [0.05, 0.1) is 23.4 Å². The number of rotatable bonds is 2. The quantitative estimate of drug-likeness (QED) is 0.878. The van der Waals surface area contributed by atoms with Gasteiger partial charge in [0, 0.05) is 6.20 Å². The van der Waals surface area contributed by atoms with E-state index in [9.17, 15) is 13.6 Å². The molecular weight excluding hydrogens is 244 g/mol. The molecule has 0 aliphatic carbocycles. The maximum atomic E-state index is 13.6. The molecule has 2 rings (SSSR count). The molecule has 1 heterocycles. The first-order chi connectivity index (χ1) is 8.52. The summed E-state index contributed by atoms with van der Waals surface area (Å²) in [7, 11) is 0. The molecule has 1 aromatic heterocycles. The summed E-state index contributed by atoms with van der Waals surface area (Å²) in [5.41, 5.74) is -0.890. The highest BCUT2D eigenvalue weighted by atomic mass is 19.1. The predicted octanol–water partition coefficient (Wildman–Crippen LogP) is 1.72. The highest BCUT2D eigenvalue weighted by Gasteiger charge is 2.16. The van der Waals surface area contributed by atoms with Gasteiger partial charge in [-0.25, -0.2) is 18.3 Å². The van der Waals surface area contributed by atoms with Gasteiger partial charge in [0.2, 0.25) is 0 Å². The summed E-state index contributed by atoms with van der Waals surface area (Å²) in [6, 6.07) is 3.30. The first-order valence-electron chi connectivity index (χ1n) is 4.70. The summed E-state index contributed by atoms with van der Waals surface area (Å²) >= 11 is 0. The average Bonchev–Trinajstić information content (AvgIpc) is 2.77. The predicted molar refractivity (Wildman–Crippen MR) is 55.2 cm³/mol. The lowest BCUT2D eigenvalue weighted by Gasteiger charge is -2.04. The van der Waals surface area contributed by atoms with E-state index in [4.69, 9.17) is 10.4 Å². The fourth-order valence-corrected chi connectivity index (χ4v) is 1.40. The van der Waals surface area contributed by atoms with Gasteiger partial charge in [0.25, 0.3) is 0 Å². The van der Waals surface area contributed by atoms with Gasteiger partial charge in [-0.3, -0.25) is 0 Å². The minimum absolute atomic E-state index is 0.167. The first-order valence-corrected chi connectivity index (χ1v) is 4.70. The van der Waals surface area contributed by atoms with Crippen molar-refractivity contribution in [1.82, 2.24) is 9.78 Å². The maximum Gasteiger partial charge on any atom is 0.338 e. The Balaban J connectivity index is 2.57. The van der Waals surface area contributed by atoms with Crippen molar-refractivity contribution in [1.29, 1.82) is 5.26 Å². The van der Waals surface area contributed by atoms with Crippen LogP contribution in [0.5, 0.6) is 0 Å². The van der Waals surface area contributed by atoms with E-state index < -0.39 is 23.3 Å². The van der Waals surface area contributed by atoms with Crippen molar-refractivity contribution in [3.8, 4) is 11.8 Å². The smallest absolute Gasteiger partial charge is 0.338 e. The highest BCUT2D eigenvalue weighted by Crippen LogP contribution is 2.19. The fraction of sp³-hybridized carbons (Fsp3) is 0. The fourth-order valence-electron chi connectivity index (χ4n) is 1.40. The van der Waals surface area contributed by atoms with Crippen molar-refractivity contribution in [3.05, 3.63) is 47.3 Å². The molecule has 0 aliphatic rings. The Bertz CT molecular complexity index is 650. The standard InChI is InChI=1S/C11H5F2N3O2/c12-8-1-6(3-14)2-9(13)10(8)16-5-7(4-15-16)11(17)18/h1-2,4-5H,(H,17,18). The van der Waals surface area contributed by atoms with Crippen molar-refractivity contribution in [3.63, 3.8) is 0 Å². The van der Waals surface area contributed by atoms with Gasteiger partial charge in [0.1, 0.15) is 5.69 Å². The summed E-state index contributed by atoms with van der Waals surface area (Å²) in [6.07, 6.45) is 1.95. The van der Waals surface area contributed by atoms with Gasteiger partial charge < -0.3 is 5.11 Å². The Hall–Kier alpha value is -2.75. The van der Waals surface area contributed by atoms with E-state index in [0.29, 0.717) is 0 Å². The van der Waals surface area contributed by atoms with Crippen LogP contribution in [0, 0.1) is 23.0 Å². The number of carboxylic acids is 1. The molecule has 0 saturated heterocycles. The number of hydrogen-bond acceptors (Lipinski definition) is 3. The molecule has 0 unspecified atom stereocenters. The molecule has 1 N–H and O–H groups in total. The van der Waals surface area contributed by atoms with Crippen LogP contribution in [-0.2, 0) is 0 Å². The van der Waals surface area contributed by atoms with E-state index in [1.807, 2.05) is 0 Å². The van der Waals surface area contributed by atoms with Gasteiger partial charge >= 0.3 is 5.97 Å². The monoisotopic (exact) mass is 249 g/mol. The van der Waals surface area contributed by atoms with Crippen molar-refractivity contribution < 1.29 is 18.7 Å². The van der Waals surface area contributed by atoms with Crippen LogP contribution in [0.15, 0.2) is 24.5 Å². The summed E-state index contributed by atoms with van der Waals surface area (Å²) < 4.78 is 28.0. The normalized spacial score (nSPS) is 10.1. The lowest BCUT2D eigenvalue weighted by atomic mass is 10.2. The summed E-state index contributed by atoms with van der Waals surface area (Å²) in [4.78, 5) is 10.6. The highest BCUT2D eigenvalue weighted by molar-refractivity contribution is 5.86. The van der Waals surface area contributed by atoms with E-state index in [1.165, 1.54) is 0 Å². The largest absolute Gasteiger partial charge is 0.478 e. The third kappa shape index (κ3) is 1.91. The Morgan fingerprint density at radius 3 is 2.44 bits per heavy atom. The third-order valence-corrected chi connectivity index (χ3v) is 2.20. The van der Waals surface area contributed by atoms with Crippen LogP contribution in [0.3, 0.4) is 0 Å². The van der Waals surface area contributed by atoms with E-state index in [-0.39, 0.29) is 11.1 Å². The van der Waals surface area contributed by atoms with Crippen molar-refractivity contribution >= 4 is 5.97 Å². The number of halogens is 2. The minimum Gasteiger partial charge on any atom is -0.478 e. The van der Waals surface area contributed by atoms with E-state index in [0.717, 1.165) is 29.2 Å². The first kappa shape index (κ1) is 11.7. The molecule has 0 bridgehead atoms. The number of nitrogens with zero attached hydrogens (tertiary/aromatic N) is 3. The Morgan fingerprint density at radius 1 is 1.39 bits per heavy atom. The van der Waals surface area contributed by atoms with Crippen LogP contribution < -0.4 is 0 Å². The molecule has 0 radical (unpaired) electrons. The number of hydrogen-bond donors (Lipinski definition) is 1. The molecule has 0 fully saturated rings. The van der Waals surface area contributed by atoms with Gasteiger partial charge in [-0.2, -0.15) is 10.4 Å². The number of nitriles is 1. The second-order valence-corrected chi connectivity index (χ2v) is 3.38. The molecular formula is C11H5F2N3O2. The lowest BCUT2D eigenvalue weighted by Crippen LogP contribution is -2.03. The third-order valence-electron chi connectivity index (χ3n) is 2.20. The van der Waals surface area contributed by atoms with Crippen molar-refractivity contribution in [2.45, 2.75) is 0 Å². The zero-order valence-corrected chi connectivity index (χ0v) is 8.76. The number of aromatic nitrogens is 2. The molecule has 0 spiro atoms. The molecule has 0 aliphatic heterocycles. The molecule has 0 atom stereocenters. The van der Waals surface area contributed by atoms with Gasteiger partial charge in [0.15, 0.2) is 11.6 Å². The number of carbonyl (C=O) groups is 1. The zero-order valence-electron chi connectivity index (χ0n) is 8.76. The summed E-state index contributed by atoms with van der Waals surface area (Å²) in [5, 5.41) is 20.8. The second kappa shape index (κ2) is 4.25. The molecule has 7 heteroatoms. The van der Waals surface area contributed by atoms with Crippen LogP contribution in [-0.4, -0.2) is 20.9 Å². The average molecular weight is 249 g/mol. The summed E-state index contributed by atoms with van der Waals surface area (Å²) in [6.45, 7) is 0. The van der Waals surface area contributed by atoms with Crippen LogP contribution >= 0.6 is 0 Å². The zero-order chi connectivity index (χ0) is 13.3. The van der Waals surface area contributed by atoms with Gasteiger partial charge in [-0.1, -0.05) is 0 Å². The van der Waals surface area contributed by atoms with Crippen molar-refractivity contribution in [2.24, 2.45) is 0 Å². The minimum atomic E-state index is -1.25. The van der Waals surface area contributed by atoms with Crippen LogP contribution in [0.4, 0.5) is 8.78 Å². The van der Waals surface area contributed by atoms with E-state index in [1.54, 1.807) is 6.07 Å². The number of aromatic carboxylic acids is 1. The molecule has 90 valence electrons. The molecule has 18 heavy (non-hydrogen) atoms. The van der Waals surface area contributed by atoms with Gasteiger partial charge in [-0.15, -0.1) is 0 Å². The van der Waals surface area contributed by atoms with Crippen LogP contribution in [0.1, 0.15) is 15.9 Å². The van der Waals surface area contributed by atoms with Gasteiger partial charge in [-0.05, 0) is 12.1 Å². The Labute approximate surface area is 99.5 Å². The maximum absolute atomic E-state index is 13.6. The summed E-state index contributed by atoms with van der Waals surface area (Å²) in [5.74, 6) is -3.24. The van der Waals surface area contributed by atoms with E-state index >= 15 is 0 Å². The van der Waals surface area contributed by atoms with E-state index in [2.05, 4.69) is 5.10 Å². The molecule has 1 aromatic carbocycles. The van der Waals surface area contributed by atoms with Crippen LogP contribution in [0.25, 0.3) is 5.69 Å². The Kier molecular flexibility index (Phi) is 2.77. The number of carboxylic acid groups (broad SMARTS) is 1. The molecule has 5 nitrogen and oxygen atoms in total. The second-order valence-electron chi connectivity index (χ2n) is 3.38. The SMILES string of the molecule is N#Cc1cc(F)c(-n2cc(C(=O)O)cn2)c(F)c1. The van der Waals surface area contributed by atoms with Crippen LogP contribution in [0.2, 0.25) is 0 Å². The molecule has 2 aromatic rings. The number of benzene rings is 1.